The van der Waals surface area contributed by atoms with Crippen molar-refractivity contribution >= 4 is 17.5 Å². The first-order valence-corrected chi connectivity index (χ1v) is 7.03. The molecule has 0 saturated heterocycles. The Morgan fingerprint density at radius 3 is 2.73 bits per heavy atom. The molecule has 5 nitrogen and oxygen atoms in total. The molecule has 1 aromatic heterocycles. The lowest BCUT2D eigenvalue weighted by atomic mass is 10.1. The van der Waals surface area contributed by atoms with E-state index in [4.69, 9.17) is 26.8 Å². The van der Waals surface area contributed by atoms with E-state index in [9.17, 15) is 4.79 Å². The van der Waals surface area contributed by atoms with Crippen LogP contribution in [-0.4, -0.2) is 18.0 Å². The molecule has 116 valence electrons. The van der Waals surface area contributed by atoms with E-state index in [1.54, 1.807) is 25.4 Å². The van der Waals surface area contributed by atoms with Crippen LogP contribution in [0.25, 0.3) is 0 Å². The normalized spacial score (nSPS) is 10.4. The van der Waals surface area contributed by atoms with Crippen LogP contribution in [0.4, 0.5) is 0 Å². The van der Waals surface area contributed by atoms with Gasteiger partial charge < -0.3 is 15.2 Å². The lowest BCUT2D eigenvalue weighted by molar-refractivity contribution is 0.0996. The van der Waals surface area contributed by atoms with Crippen LogP contribution in [-0.2, 0) is 6.61 Å². The number of carbonyl (C=O) groups excluding carboxylic acids is 1. The average molecular weight is 321 g/mol. The quantitative estimate of drug-likeness (QED) is 0.918. The molecule has 0 bridgehead atoms. The molecule has 0 spiro atoms. The van der Waals surface area contributed by atoms with Crippen molar-refractivity contribution in [3.8, 4) is 11.5 Å². The van der Waals surface area contributed by atoms with Gasteiger partial charge in [0.1, 0.15) is 18.1 Å². The summed E-state index contributed by atoms with van der Waals surface area (Å²) in [4.78, 5) is 15.8. The van der Waals surface area contributed by atoms with Gasteiger partial charge in [-0.1, -0.05) is 11.6 Å². The summed E-state index contributed by atoms with van der Waals surface area (Å²) in [7, 11) is 1.61. The Balaban J connectivity index is 2.28. The van der Waals surface area contributed by atoms with Crippen LogP contribution in [0.5, 0.6) is 11.5 Å². The summed E-state index contributed by atoms with van der Waals surface area (Å²) in [6, 6.07) is 4.69. The highest BCUT2D eigenvalue weighted by Crippen LogP contribution is 2.27. The molecule has 0 aliphatic heterocycles. The number of pyridine rings is 1. The number of aryl methyl sites for hydroxylation is 1. The highest BCUT2D eigenvalue weighted by atomic mass is 35.5. The van der Waals surface area contributed by atoms with E-state index in [-0.39, 0.29) is 12.2 Å². The summed E-state index contributed by atoms with van der Waals surface area (Å²) in [5.74, 6) is 0.536. The molecule has 22 heavy (non-hydrogen) atoms. The molecule has 6 heteroatoms. The molecule has 1 amide bonds. The third kappa shape index (κ3) is 3.31. The van der Waals surface area contributed by atoms with E-state index in [0.717, 1.165) is 22.6 Å². The van der Waals surface area contributed by atoms with Gasteiger partial charge in [-0.2, -0.15) is 0 Å². The number of benzene rings is 1. The standard InChI is InChI=1S/C16H17ClN2O3/c1-9-7-19-13(10(2)15(9)21-3)8-22-14-6-11(17)4-5-12(14)16(18)20/h4-7H,8H2,1-3H3,(H2,18,20). The number of halogens is 1. The van der Waals surface area contributed by atoms with Crippen LogP contribution in [0.2, 0.25) is 5.02 Å². The van der Waals surface area contributed by atoms with Gasteiger partial charge in [0.25, 0.3) is 5.91 Å². The second-order valence-corrected chi connectivity index (χ2v) is 5.28. The topological polar surface area (TPSA) is 74.4 Å². The molecule has 0 atom stereocenters. The maximum atomic E-state index is 11.4. The maximum absolute atomic E-state index is 11.4. The van der Waals surface area contributed by atoms with Gasteiger partial charge in [-0.3, -0.25) is 9.78 Å². The summed E-state index contributed by atoms with van der Waals surface area (Å²) >= 11 is 5.94. The number of hydrogen-bond acceptors (Lipinski definition) is 4. The van der Waals surface area contributed by atoms with Gasteiger partial charge >= 0.3 is 0 Å². The Morgan fingerprint density at radius 2 is 2.09 bits per heavy atom. The van der Waals surface area contributed by atoms with Gasteiger partial charge in [-0.15, -0.1) is 0 Å². The van der Waals surface area contributed by atoms with Crippen molar-refractivity contribution in [1.29, 1.82) is 0 Å². The molecule has 0 radical (unpaired) electrons. The summed E-state index contributed by atoms with van der Waals surface area (Å²) in [5.41, 5.74) is 8.17. The molecule has 0 aliphatic rings. The number of ether oxygens (including phenoxy) is 2. The van der Waals surface area contributed by atoms with Crippen molar-refractivity contribution < 1.29 is 14.3 Å². The van der Waals surface area contributed by atoms with Crippen molar-refractivity contribution in [3.05, 3.63) is 51.8 Å². The van der Waals surface area contributed by atoms with Crippen LogP contribution in [0.15, 0.2) is 24.4 Å². The highest BCUT2D eigenvalue weighted by molar-refractivity contribution is 6.30. The number of aromatic nitrogens is 1. The Hall–Kier alpha value is -2.27. The predicted octanol–water partition coefficient (Wildman–Crippen LogP) is 3.04. The molecule has 0 fully saturated rings. The number of nitrogens with zero attached hydrogens (tertiary/aromatic N) is 1. The van der Waals surface area contributed by atoms with E-state index < -0.39 is 5.91 Å². The molecule has 0 aliphatic carbocycles. The van der Waals surface area contributed by atoms with Crippen LogP contribution >= 0.6 is 11.6 Å². The summed E-state index contributed by atoms with van der Waals surface area (Å²) in [6.45, 7) is 4.01. The Labute approximate surface area is 134 Å². The Morgan fingerprint density at radius 1 is 1.36 bits per heavy atom. The molecule has 2 rings (SSSR count). The fourth-order valence-corrected chi connectivity index (χ4v) is 2.34. The molecule has 1 heterocycles. The van der Waals surface area contributed by atoms with E-state index in [0.29, 0.717) is 10.8 Å². The van der Waals surface area contributed by atoms with Crippen molar-refractivity contribution in [1.82, 2.24) is 4.98 Å². The fraction of sp³-hybridized carbons (Fsp3) is 0.250. The van der Waals surface area contributed by atoms with Crippen molar-refractivity contribution in [2.75, 3.05) is 7.11 Å². The average Bonchev–Trinajstić information content (AvgIpc) is 2.46. The van der Waals surface area contributed by atoms with Crippen LogP contribution < -0.4 is 15.2 Å². The fourth-order valence-electron chi connectivity index (χ4n) is 2.18. The van der Waals surface area contributed by atoms with E-state index in [1.165, 1.54) is 6.07 Å². The molecule has 0 saturated carbocycles. The van der Waals surface area contributed by atoms with E-state index in [2.05, 4.69) is 4.98 Å². The molecule has 2 aromatic rings. The third-order valence-corrected chi connectivity index (χ3v) is 3.56. The molecular weight excluding hydrogens is 304 g/mol. The van der Waals surface area contributed by atoms with Crippen molar-refractivity contribution in [3.63, 3.8) is 0 Å². The number of carbonyl (C=O) groups is 1. The van der Waals surface area contributed by atoms with Crippen LogP contribution in [0, 0.1) is 13.8 Å². The molecule has 2 N–H and O–H groups in total. The summed E-state index contributed by atoms with van der Waals surface area (Å²) in [5, 5.41) is 0.464. The lowest BCUT2D eigenvalue weighted by Crippen LogP contribution is -2.13. The van der Waals surface area contributed by atoms with Gasteiger partial charge in [0, 0.05) is 22.3 Å². The van der Waals surface area contributed by atoms with Crippen molar-refractivity contribution in [2.24, 2.45) is 5.73 Å². The molecule has 1 aromatic carbocycles. The number of primary amides is 1. The zero-order chi connectivity index (χ0) is 16.3. The van der Waals surface area contributed by atoms with Crippen LogP contribution in [0.3, 0.4) is 0 Å². The number of nitrogens with two attached hydrogens (primary N) is 1. The van der Waals surface area contributed by atoms with Gasteiger partial charge in [-0.25, -0.2) is 0 Å². The summed E-state index contributed by atoms with van der Waals surface area (Å²) in [6.07, 6.45) is 1.72. The third-order valence-electron chi connectivity index (χ3n) is 3.32. The molecular formula is C16H17ClN2O3. The second kappa shape index (κ2) is 6.66. The first-order chi connectivity index (χ1) is 10.4. The van der Waals surface area contributed by atoms with Gasteiger partial charge in [0.05, 0.1) is 18.4 Å². The number of methoxy groups -OCH3 is 1. The summed E-state index contributed by atoms with van der Waals surface area (Å²) < 4.78 is 11.0. The largest absolute Gasteiger partial charge is 0.496 e. The monoisotopic (exact) mass is 320 g/mol. The SMILES string of the molecule is COc1c(C)cnc(COc2cc(Cl)ccc2C(N)=O)c1C. The first-order valence-electron chi connectivity index (χ1n) is 6.65. The van der Waals surface area contributed by atoms with Gasteiger partial charge in [-0.05, 0) is 32.0 Å². The van der Waals surface area contributed by atoms with Crippen molar-refractivity contribution in [2.45, 2.75) is 20.5 Å². The van der Waals surface area contributed by atoms with E-state index >= 15 is 0 Å². The van der Waals surface area contributed by atoms with Gasteiger partial charge in [0.15, 0.2) is 0 Å². The lowest BCUT2D eigenvalue weighted by Gasteiger charge is -2.14. The van der Waals surface area contributed by atoms with Crippen LogP contribution in [0.1, 0.15) is 27.2 Å². The maximum Gasteiger partial charge on any atom is 0.252 e. The minimum absolute atomic E-state index is 0.184. The zero-order valence-electron chi connectivity index (χ0n) is 12.6. The molecule has 0 unspecified atom stereocenters. The Kier molecular flexibility index (Phi) is 4.88. The number of rotatable bonds is 5. The van der Waals surface area contributed by atoms with Gasteiger partial charge in [0.2, 0.25) is 0 Å². The highest BCUT2D eigenvalue weighted by Gasteiger charge is 2.13. The Bertz CT molecular complexity index is 717. The second-order valence-electron chi connectivity index (χ2n) is 4.84. The number of hydrogen-bond donors (Lipinski definition) is 1. The first kappa shape index (κ1) is 16.1. The predicted molar refractivity (Wildman–Crippen MR) is 84.6 cm³/mol. The minimum Gasteiger partial charge on any atom is -0.496 e. The minimum atomic E-state index is -0.571. The van der Waals surface area contributed by atoms with E-state index in [1.807, 2.05) is 13.8 Å². The number of amides is 1. The smallest absolute Gasteiger partial charge is 0.252 e. The zero-order valence-corrected chi connectivity index (χ0v) is 13.4.